The van der Waals surface area contributed by atoms with Gasteiger partial charge in [0.05, 0.1) is 31.2 Å². The lowest BCUT2D eigenvalue weighted by atomic mass is 10.1. The van der Waals surface area contributed by atoms with Crippen LogP contribution in [0.1, 0.15) is 22.3 Å². The highest BCUT2D eigenvalue weighted by Crippen LogP contribution is 2.25. The van der Waals surface area contributed by atoms with Crippen LogP contribution in [0.2, 0.25) is 0 Å². The van der Waals surface area contributed by atoms with E-state index in [4.69, 9.17) is 9.47 Å². The fraction of sp³-hybridized carbons (Fsp3) is 0.263. The molecule has 0 saturated heterocycles. The summed E-state index contributed by atoms with van der Waals surface area (Å²) < 4.78 is 10.0. The van der Waals surface area contributed by atoms with Crippen molar-refractivity contribution in [3.8, 4) is 5.75 Å². The number of aryl methyl sites for hydroxylation is 1. The fourth-order valence-corrected chi connectivity index (χ4v) is 2.36. The Labute approximate surface area is 147 Å². The summed E-state index contributed by atoms with van der Waals surface area (Å²) in [7, 11) is 2.91. The van der Waals surface area contributed by atoms with Gasteiger partial charge in [-0.05, 0) is 36.8 Å². The van der Waals surface area contributed by atoms with Crippen molar-refractivity contribution in [2.45, 2.75) is 13.3 Å². The van der Waals surface area contributed by atoms with Gasteiger partial charge in [0.2, 0.25) is 5.91 Å². The second-order valence-electron chi connectivity index (χ2n) is 5.47. The SMILES string of the molecule is COC(=O)c1ccccc1NC(=O)CCNc1cc(C)ccc1OC. The van der Waals surface area contributed by atoms with Crippen molar-refractivity contribution < 1.29 is 19.1 Å². The van der Waals surface area contributed by atoms with E-state index < -0.39 is 5.97 Å². The molecule has 2 aromatic rings. The van der Waals surface area contributed by atoms with E-state index in [-0.39, 0.29) is 12.3 Å². The van der Waals surface area contributed by atoms with Crippen LogP contribution in [0.5, 0.6) is 5.75 Å². The molecule has 0 aliphatic carbocycles. The van der Waals surface area contributed by atoms with Gasteiger partial charge in [0.1, 0.15) is 5.75 Å². The number of hydrogen-bond donors (Lipinski definition) is 2. The zero-order chi connectivity index (χ0) is 18.2. The molecule has 0 spiro atoms. The smallest absolute Gasteiger partial charge is 0.339 e. The molecule has 0 heterocycles. The quantitative estimate of drug-likeness (QED) is 0.756. The van der Waals surface area contributed by atoms with Crippen LogP contribution >= 0.6 is 0 Å². The number of esters is 1. The van der Waals surface area contributed by atoms with Gasteiger partial charge in [-0.2, -0.15) is 0 Å². The molecule has 0 aliphatic rings. The number of hydrogen-bond acceptors (Lipinski definition) is 5. The molecule has 2 N–H and O–H groups in total. The Morgan fingerprint density at radius 2 is 1.80 bits per heavy atom. The summed E-state index contributed by atoms with van der Waals surface area (Å²) in [5.74, 6) is 0.0380. The standard InChI is InChI=1S/C19H22N2O4/c1-13-8-9-17(24-2)16(12-13)20-11-10-18(22)21-15-7-5-4-6-14(15)19(23)25-3/h4-9,12,20H,10-11H2,1-3H3,(H,21,22). The molecule has 0 saturated carbocycles. The van der Waals surface area contributed by atoms with E-state index >= 15 is 0 Å². The predicted molar refractivity (Wildman–Crippen MR) is 97.2 cm³/mol. The molecule has 0 aliphatic heterocycles. The van der Waals surface area contributed by atoms with Crippen molar-refractivity contribution in [3.63, 3.8) is 0 Å². The first-order valence-electron chi connectivity index (χ1n) is 7.91. The molecule has 0 radical (unpaired) electrons. The summed E-state index contributed by atoms with van der Waals surface area (Å²) in [5, 5.41) is 5.93. The number of amides is 1. The minimum atomic E-state index is -0.487. The molecule has 132 valence electrons. The minimum Gasteiger partial charge on any atom is -0.495 e. The molecule has 0 unspecified atom stereocenters. The first-order valence-corrected chi connectivity index (χ1v) is 7.91. The average molecular weight is 342 g/mol. The molecule has 0 fully saturated rings. The highest BCUT2D eigenvalue weighted by Gasteiger charge is 2.13. The van der Waals surface area contributed by atoms with Gasteiger partial charge in [-0.3, -0.25) is 4.79 Å². The van der Waals surface area contributed by atoms with Crippen LogP contribution in [0.3, 0.4) is 0 Å². The first-order chi connectivity index (χ1) is 12.0. The highest BCUT2D eigenvalue weighted by molar-refractivity contribution is 6.01. The van der Waals surface area contributed by atoms with Crippen molar-refractivity contribution in [2.75, 3.05) is 31.4 Å². The maximum absolute atomic E-state index is 12.2. The van der Waals surface area contributed by atoms with Crippen molar-refractivity contribution in [3.05, 3.63) is 53.6 Å². The summed E-state index contributed by atoms with van der Waals surface area (Å²) >= 11 is 0. The molecule has 1 amide bonds. The highest BCUT2D eigenvalue weighted by atomic mass is 16.5. The number of nitrogens with one attached hydrogen (secondary N) is 2. The summed E-state index contributed by atoms with van der Waals surface area (Å²) in [6, 6.07) is 12.5. The summed E-state index contributed by atoms with van der Waals surface area (Å²) in [5.41, 5.74) is 2.70. The Morgan fingerprint density at radius 1 is 1.04 bits per heavy atom. The van der Waals surface area contributed by atoms with Gasteiger partial charge < -0.3 is 20.1 Å². The number of para-hydroxylation sites is 1. The predicted octanol–water partition coefficient (Wildman–Crippen LogP) is 3.23. The zero-order valence-electron chi connectivity index (χ0n) is 14.6. The van der Waals surface area contributed by atoms with Crippen LogP contribution in [-0.2, 0) is 9.53 Å². The monoisotopic (exact) mass is 342 g/mol. The molecule has 6 nitrogen and oxygen atoms in total. The molecule has 0 bridgehead atoms. The lowest BCUT2D eigenvalue weighted by Crippen LogP contribution is -2.18. The van der Waals surface area contributed by atoms with E-state index in [0.29, 0.717) is 17.8 Å². The Bertz CT molecular complexity index is 759. The van der Waals surface area contributed by atoms with Gasteiger partial charge in [0.15, 0.2) is 0 Å². The minimum absolute atomic E-state index is 0.199. The van der Waals surface area contributed by atoms with Gasteiger partial charge >= 0.3 is 5.97 Å². The van der Waals surface area contributed by atoms with E-state index in [1.165, 1.54) is 7.11 Å². The number of carbonyl (C=O) groups is 2. The van der Waals surface area contributed by atoms with Crippen LogP contribution in [0.15, 0.2) is 42.5 Å². The number of rotatable bonds is 7. The van der Waals surface area contributed by atoms with Crippen LogP contribution in [0.25, 0.3) is 0 Å². The largest absolute Gasteiger partial charge is 0.495 e. The van der Waals surface area contributed by atoms with Crippen LogP contribution < -0.4 is 15.4 Å². The molecular formula is C19H22N2O4. The first kappa shape index (κ1) is 18.3. The van der Waals surface area contributed by atoms with Gasteiger partial charge in [0.25, 0.3) is 0 Å². The van der Waals surface area contributed by atoms with E-state index in [2.05, 4.69) is 10.6 Å². The molecule has 0 aromatic heterocycles. The summed E-state index contributed by atoms with van der Waals surface area (Å²) in [6.45, 7) is 2.42. The van der Waals surface area contributed by atoms with Crippen molar-refractivity contribution in [1.29, 1.82) is 0 Å². The van der Waals surface area contributed by atoms with Crippen LogP contribution in [0, 0.1) is 6.92 Å². The Hall–Kier alpha value is -3.02. The fourth-order valence-electron chi connectivity index (χ4n) is 2.36. The van der Waals surface area contributed by atoms with Crippen molar-refractivity contribution in [1.82, 2.24) is 0 Å². The molecule has 2 rings (SSSR count). The number of ether oxygens (including phenoxy) is 2. The number of carbonyl (C=O) groups excluding carboxylic acids is 2. The van der Waals surface area contributed by atoms with Gasteiger partial charge in [-0.25, -0.2) is 4.79 Å². The third-order valence-corrected chi connectivity index (χ3v) is 3.63. The van der Waals surface area contributed by atoms with E-state index in [0.717, 1.165) is 17.0 Å². The maximum atomic E-state index is 12.2. The molecular weight excluding hydrogens is 320 g/mol. The van der Waals surface area contributed by atoms with Gasteiger partial charge in [-0.1, -0.05) is 18.2 Å². The second kappa shape index (κ2) is 8.73. The zero-order valence-corrected chi connectivity index (χ0v) is 14.6. The Kier molecular flexibility index (Phi) is 6.39. The molecule has 25 heavy (non-hydrogen) atoms. The third kappa shape index (κ3) is 4.97. The van der Waals surface area contributed by atoms with Crippen LogP contribution in [0.4, 0.5) is 11.4 Å². The third-order valence-electron chi connectivity index (χ3n) is 3.63. The average Bonchev–Trinajstić information content (AvgIpc) is 2.61. The maximum Gasteiger partial charge on any atom is 0.339 e. The molecule has 0 atom stereocenters. The Balaban J connectivity index is 1.94. The summed E-state index contributed by atoms with van der Waals surface area (Å²) in [6.07, 6.45) is 0.243. The lowest BCUT2D eigenvalue weighted by Gasteiger charge is -2.13. The number of methoxy groups -OCH3 is 2. The van der Waals surface area contributed by atoms with Gasteiger partial charge in [-0.15, -0.1) is 0 Å². The topological polar surface area (TPSA) is 76.7 Å². The normalized spacial score (nSPS) is 10.0. The molecule has 2 aromatic carbocycles. The lowest BCUT2D eigenvalue weighted by molar-refractivity contribution is -0.115. The number of benzene rings is 2. The van der Waals surface area contributed by atoms with E-state index in [9.17, 15) is 9.59 Å². The second-order valence-corrected chi connectivity index (χ2v) is 5.47. The van der Waals surface area contributed by atoms with E-state index in [1.807, 2.05) is 25.1 Å². The van der Waals surface area contributed by atoms with Crippen molar-refractivity contribution in [2.24, 2.45) is 0 Å². The van der Waals surface area contributed by atoms with Crippen LogP contribution in [-0.4, -0.2) is 32.6 Å². The van der Waals surface area contributed by atoms with E-state index in [1.54, 1.807) is 31.4 Å². The Morgan fingerprint density at radius 3 is 2.52 bits per heavy atom. The summed E-state index contributed by atoms with van der Waals surface area (Å²) in [4.78, 5) is 23.9. The van der Waals surface area contributed by atoms with Gasteiger partial charge in [0, 0.05) is 13.0 Å². The van der Waals surface area contributed by atoms with Crippen molar-refractivity contribution >= 4 is 23.3 Å². The molecule has 6 heteroatoms. The number of anilines is 2.